The fourth-order valence-electron chi connectivity index (χ4n) is 1.60. The van der Waals surface area contributed by atoms with Gasteiger partial charge in [-0.05, 0) is 27.7 Å². The Labute approximate surface area is 84.2 Å². The van der Waals surface area contributed by atoms with Gasteiger partial charge in [0.15, 0.2) is 0 Å². The Bertz CT molecular complexity index is 186. The molecule has 0 aromatic rings. The van der Waals surface area contributed by atoms with Gasteiger partial charge < -0.3 is 4.74 Å². The van der Waals surface area contributed by atoms with Crippen molar-refractivity contribution < 1.29 is 13.5 Å². The molecule has 0 radical (unpaired) electrons. The molecule has 0 amide bonds. The van der Waals surface area contributed by atoms with Crippen LogP contribution in [0.25, 0.3) is 0 Å². The van der Waals surface area contributed by atoms with E-state index in [2.05, 4.69) is 0 Å². The van der Waals surface area contributed by atoms with Crippen LogP contribution in [0.4, 0.5) is 8.78 Å². The van der Waals surface area contributed by atoms with Gasteiger partial charge in [0.1, 0.15) is 6.61 Å². The molecule has 0 bridgehead atoms. The molecule has 1 saturated heterocycles. The first-order chi connectivity index (χ1) is 6.22. The second-order valence-electron chi connectivity index (χ2n) is 4.90. The number of halogens is 2. The maximum absolute atomic E-state index is 13.3. The molecule has 0 saturated carbocycles. The molecule has 2 nitrogen and oxygen atoms in total. The fourth-order valence-corrected chi connectivity index (χ4v) is 1.60. The van der Waals surface area contributed by atoms with Crippen molar-refractivity contribution in [3.05, 3.63) is 0 Å². The second kappa shape index (κ2) is 3.74. The van der Waals surface area contributed by atoms with Gasteiger partial charge in [0.2, 0.25) is 0 Å². The smallest absolute Gasteiger partial charge is 0.283 e. The summed E-state index contributed by atoms with van der Waals surface area (Å²) in [5.41, 5.74) is -0.482. The third-order valence-electron chi connectivity index (χ3n) is 2.42. The molecule has 14 heavy (non-hydrogen) atoms. The van der Waals surface area contributed by atoms with Crippen molar-refractivity contribution in [2.45, 2.75) is 45.3 Å². The maximum Gasteiger partial charge on any atom is 0.283 e. The molecule has 0 unspecified atom stereocenters. The van der Waals surface area contributed by atoms with E-state index < -0.39 is 18.1 Å². The lowest BCUT2D eigenvalue weighted by Gasteiger charge is -2.31. The fraction of sp³-hybridized carbons (Fsp3) is 1.00. The predicted molar refractivity (Wildman–Crippen MR) is 51.7 cm³/mol. The van der Waals surface area contributed by atoms with E-state index in [0.717, 1.165) is 0 Å². The van der Waals surface area contributed by atoms with Crippen LogP contribution in [0, 0.1) is 0 Å². The van der Waals surface area contributed by atoms with E-state index in [1.54, 1.807) is 4.90 Å². The molecule has 1 rings (SSSR count). The maximum atomic E-state index is 13.3. The minimum Gasteiger partial charge on any atom is -0.368 e. The van der Waals surface area contributed by atoms with Crippen LogP contribution in [0.5, 0.6) is 0 Å². The summed E-state index contributed by atoms with van der Waals surface area (Å²) in [5.74, 6) is -2.72. The Hall–Kier alpha value is -0.220. The summed E-state index contributed by atoms with van der Waals surface area (Å²) >= 11 is 0. The average Bonchev–Trinajstić information content (AvgIpc) is 2.08. The zero-order chi connectivity index (χ0) is 11.0. The summed E-state index contributed by atoms with van der Waals surface area (Å²) in [6.45, 7) is 7.44. The lowest BCUT2D eigenvalue weighted by molar-refractivity contribution is -0.103. The lowest BCUT2D eigenvalue weighted by atomic mass is 10.1. The van der Waals surface area contributed by atoms with E-state index >= 15 is 0 Å². The van der Waals surface area contributed by atoms with Crippen molar-refractivity contribution in [2.24, 2.45) is 0 Å². The summed E-state index contributed by atoms with van der Waals surface area (Å²) < 4.78 is 31.7. The van der Waals surface area contributed by atoms with Crippen molar-refractivity contribution in [1.29, 1.82) is 0 Å². The zero-order valence-corrected chi connectivity index (χ0v) is 9.31. The summed E-state index contributed by atoms with van der Waals surface area (Å²) in [7, 11) is 0. The molecule has 1 aliphatic heterocycles. The van der Waals surface area contributed by atoms with Crippen LogP contribution in [0.1, 0.15) is 27.7 Å². The van der Waals surface area contributed by atoms with Gasteiger partial charge in [-0.2, -0.15) is 0 Å². The molecule has 4 heteroatoms. The van der Waals surface area contributed by atoms with Crippen molar-refractivity contribution in [3.63, 3.8) is 0 Å². The molecule has 0 aliphatic carbocycles. The Morgan fingerprint density at radius 2 is 1.79 bits per heavy atom. The predicted octanol–water partition coefficient (Wildman–Crippen LogP) is 2.14. The highest BCUT2D eigenvalue weighted by Gasteiger charge is 2.40. The van der Waals surface area contributed by atoms with Gasteiger partial charge in [-0.15, -0.1) is 0 Å². The highest BCUT2D eigenvalue weighted by Crippen LogP contribution is 2.26. The van der Waals surface area contributed by atoms with Gasteiger partial charge in [0.05, 0.1) is 12.1 Å². The first-order valence-electron chi connectivity index (χ1n) is 4.98. The largest absolute Gasteiger partial charge is 0.368 e. The average molecular weight is 207 g/mol. The van der Waals surface area contributed by atoms with E-state index in [1.165, 1.54) is 0 Å². The van der Waals surface area contributed by atoms with Gasteiger partial charge in [0.25, 0.3) is 5.92 Å². The van der Waals surface area contributed by atoms with E-state index in [9.17, 15) is 8.78 Å². The molecular formula is C10H19F2NO. The van der Waals surface area contributed by atoms with Crippen LogP contribution >= 0.6 is 0 Å². The van der Waals surface area contributed by atoms with Crippen LogP contribution < -0.4 is 0 Å². The Morgan fingerprint density at radius 3 is 2.29 bits per heavy atom. The van der Waals surface area contributed by atoms with E-state index in [-0.39, 0.29) is 12.6 Å². The van der Waals surface area contributed by atoms with E-state index in [0.29, 0.717) is 6.54 Å². The van der Waals surface area contributed by atoms with Crippen molar-refractivity contribution >= 4 is 0 Å². The van der Waals surface area contributed by atoms with Crippen molar-refractivity contribution in [2.75, 3.05) is 19.7 Å². The minimum atomic E-state index is -2.72. The molecular weight excluding hydrogens is 188 g/mol. The Kier molecular flexibility index (Phi) is 3.17. The number of hydrogen-bond donors (Lipinski definition) is 0. The summed E-state index contributed by atoms with van der Waals surface area (Å²) in [6, 6.07) is 0.127. The lowest BCUT2D eigenvalue weighted by Crippen LogP contribution is -2.44. The quantitative estimate of drug-likeness (QED) is 0.653. The van der Waals surface area contributed by atoms with Crippen LogP contribution in [-0.4, -0.2) is 42.2 Å². The SMILES string of the molecule is CC(C)N1CC(F)(F)COC(C)(C)C1. The number of ether oxygens (including phenoxy) is 1. The third kappa shape index (κ3) is 3.17. The van der Waals surface area contributed by atoms with Gasteiger partial charge >= 0.3 is 0 Å². The van der Waals surface area contributed by atoms with E-state index in [4.69, 9.17) is 4.74 Å². The molecule has 1 aliphatic rings. The molecule has 0 aromatic heterocycles. The highest BCUT2D eigenvalue weighted by molar-refractivity contribution is 4.85. The molecule has 84 valence electrons. The standard InChI is InChI=1S/C10H19F2NO/c1-8(2)13-5-9(3,4)14-7-10(11,12)6-13/h8H,5-7H2,1-4H3. The third-order valence-corrected chi connectivity index (χ3v) is 2.42. The number of nitrogens with zero attached hydrogens (tertiary/aromatic N) is 1. The molecule has 0 aromatic carbocycles. The summed E-state index contributed by atoms with van der Waals surface area (Å²) in [5, 5.41) is 0. The number of alkyl halides is 2. The minimum absolute atomic E-state index is 0.127. The van der Waals surface area contributed by atoms with Gasteiger partial charge in [-0.1, -0.05) is 0 Å². The molecule has 1 heterocycles. The number of hydrogen-bond acceptors (Lipinski definition) is 2. The van der Waals surface area contributed by atoms with Gasteiger partial charge in [-0.3, -0.25) is 4.90 Å². The molecule has 0 spiro atoms. The second-order valence-corrected chi connectivity index (χ2v) is 4.90. The highest BCUT2D eigenvalue weighted by atomic mass is 19.3. The Balaban J connectivity index is 2.76. The van der Waals surface area contributed by atoms with Crippen LogP contribution in [0.2, 0.25) is 0 Å². The normalized spacial score (nSPS) is 27.6. The van der Waals surface area contributed by atoms with Crippen molar-refractivity contribution in [1.82, 2.24) is 4.90 Å². The van der Waals surface area contributed by atoms with Crippen molar-refractivity contribution in [3.8, 4) is 0 Å². The first kappa shape index (κ1) is 11.9. The Morgan fingerprint density at radius 1 is 1.21 bits per heavy atom. The molecule has 0 atom stereocenters. The summed E-state index contributed by atoms with van der Waals surface area (Å²) in [6.07, 6.45) is 0. The zero-order valence-electron chi connectivity index (χ0n) is 9.31. The molecule has 1 fully saturated rings. The monoisotopic (exact) mass is 207 g/mol. The number of rotatable bonds is 1. The first-order valence-corrected chi connectivity index (χ1v) is 4.98. The van der Waals surface area contributed by atoms with Gasteiger partial charge in [0, 0.05) is 12.6 Å². The van der Waals surface area contributed by atoms with Crippen LogP contribution in [-0.2, 0) is 4.74 Å². The van der Waals surface area contributed by atoms with Crippen LogP contribution in [0.3, 0.4) is 0 Å². The van der Waals surface area contributed by atoms with E-state index in [1.807, 2.05) is 27.7 Å². The van der Waals surface area contributed by atoms with Crippen LogP contribution in [0.15, 0.2) is 0 Å². The summed E-state index contributed by atoms with van der Waals surface area (Å²) in [4.78, 5) is 1.77. The topological polar surface area (TPSA) is 12.5 Å². The molecule has 0 N–H and O–H groups in total. The van der Waals surface area contributed by atoms with Gasteiger partial charge in [-0.25, -0.2) is 8.78 Å².